The Morgan fingerprint density at radius 3 is 2.47 bits per heavy atom. The normalized spacial score (nSPS) is 12.1. The van der Waals surface area contributed by atoms with Gasteiger partial charge in [-0.25, -0.2) is 4.99 Å². The quantitative estimate of drug-likeness (QED) is 0.327. The number of hydrogen-bond acceptors (Lipinski definition) is 3. The van der Waals surface area contributed by atoms with Gasteiger partial charge >= 0.3 is 0 Å². The van der Waals surface area contributed by atoms with Gasteiger partial charge in [0.1, 0.15) is 0 Å². The molecule has 30 heavy (non-hydrogen) atoms. The van der Waals surface area contributed by atoms with Gasteiger partial charge in [0.05, 0.1) is 22.5 Å². The summed E-state index contributed by atoms with van der Waals surface area (Å²) in [6.45, 7) is 5.08. The molecule has 1 aromatic heterocycles. The third-order valence-electron chi connectivity index (χ3n) is 4.92. The summed E-state index contributed by atoms with van der Waals surface area (Å²) in [7, 11) is 0. The zero-order valence-corrected chi connectivity index (χ0v) is 17.7. The molecule has 0 fully saturated rings. The first-order valence-corrected chi connectivity index (χ1v) is 10.4. The molecule has 0 aliphatic heterocycles. The summed E-state index contributed by atoms with van der Waals surface area (Å²) in [5.74, 6) is 0.0765. The van der Waals surface area contributed by atoms with Crippen LogP contribution >= 0.6 is 11.6 Å². The smallest absolute Gasteiger partial charge is 0.199 e. The highest BCUT2D eigenvalue weighted by atomic mass is 35.5. The van der Waals surface area contributed by atoms with Crippen LogP contribution in [0.2, 0.25) is 5.02 Å². The number of fused-ring (bicyclic) bond motifs is 1. The van der Waals surface area contributed by atoms with Crippen molar-refractivity contribution in [1.82, 2.24) is 10.3 Å². The number of halogens is 1. The van der Waals surface area contributed by atoms with Crippen LogP contribution in [0.5, 0.6) is 5.88 Å². The lowest BCUT2D eigenvalue weighted by atomic mass is 10.0. The van der Waals surface area contributed by atoms with Crippen molar-refractivity contribution in [3.05, 3.63) is 94.5 Å². The molecule has 3 aromatic carbocycles. The summed E-state index contributed by atoms with van der Waals surface area (Å²) in [6, 6.07) is 24.0. The number of benzene rings is 3. The van der Waals surface area contributed by atoms with Gasteiger partial charge < -0.3 is 15.4 Å². The van der Waals surface area contributed by atoms with Crippen molar-refractivity contribution in [2.45, 2.75) is 26.4 Å². The van der Waals surface area contributed by atoms with E-state index in [0.29, 0.717) is 22.3 Å². The molecule has 152 valence electrons. The molecule has 5 heteroatoms. The van der Waals surface area contributed by atoms with Gasteiger partial charge in [-0.15, -0.1) is 0 Å². The van der Waals surface area contributed by atoms with E-state index in [1.54, 1.807) is 6.07 Å². The average molecular weight is 418 g/mol. The fourth-order valence-electron chi connectivity index (χ4n) is 3.40. The van der Waals surface area contributed by atoms with Crippen LogP contribution in [0.15, 0.2) is 77.8 Å². The number of aliphatic imine (C=N–C) groups is 1. The van der Waals surface area contributed by atoms with Crippen LogP contribution in [0.4, 0.5) is 5.69 Å². The monoisotopic (exact) mass is 417 g/mol. The van der Waals surface area contributed by atoms with E-state index in [9.17, 15) is 5.11 Å². The first-order valence-electron chi connectivity index (χ1n) is 9.98. The maximum absolute atomic E-state index is 10.7. The van der Waals surface area contributed by atoms with Gasteiger partial charge in [0.15, 0.2) is 5.88 Å². The van der Waals surface area contributed by atoms with E-state index in [1.807, 2.05) is 54.6 Å². The van der Waals surface area contributed by atoms with Crippen molar-refractivity contribution in [2.24, 2.45) is 4.99 Å². The highest BCUT2D eigenvalue weighted by Gasteiger charge is 2.18. The molecule has 4 nitrogen and oxygen atoms in total. The summed E-state index contributed by atoms with van der Waals surface area (Å²) in [5.41, 5.74) is 5.09. The minimum Gasteiger partial charge on any atom is -0.494 e. The van der Waals surface area contributed by atoms with Crippen LogP contribution in [0.25, 0.3) is 10.9 Å². The molecule has 0 bridgehead atoms. The zero-order chi connectivity index (χ0) is 21.1. The minimum absolute atomic E-state index is 0.0765. The minimum atomic E-state index is 0.0765. The highest BCUT2D eigenvalue weighted by molar-refractivity contribution is 6.31. The molecule has 0 saturated heterocycles. The van der Waals surface area contributed by atoms with Gasteiger partial charge in [-0.05, 0) is 29.8 Å². The topological polar surface area (TPSA) is 60.4 Å². The lowest BCUT2D eigenvalue weighted by molar-refractivity contribution is 0.457. The Morgan fingerprint density at radius 2 is 1.77 bits per heavy atom. The van der Waals surface area contributed by atoms with Gasteiger partial charge in [-0.2, -0.15) is 0 Å². The van der Waals surface area contributed by atoms with Gasteiger partial charge in [0.2, 0.25) is 0 Å². The summed E-state index contributed by atoms with van der Waals surface area (Å²) in [5, 5.41) is 15.6. The van der Waals surface area contributed by atoms with E-state index in [-0.39, 0.29) is 5.88 Å². The molecule has 0 amide bonds. The van der Waals surface area contributed by atoms with E-state index < -0.39 is 0 Å². The van der Waals surface area contributed by atoms with E-state index in [1.165, 1.54) is 5.56 Å². The number of hydrogen-bond donors (Lipinski definition) is 3. The number of aromatic nitrogens is 1. The molecule has 0 unspecified atom stereocenters. The van der Waals surface area contributed by atoms with Crippen molar-refractivity contribution in [3.63, 3.8) is 0 Å². The molecule has 0 spiro atoms. The second kappa shape index (κ2) is 8.74. The molecule has 0 radical (unpaired) electrons. The Bertz CT molecular complexity index is 1180. The predicted octanol–water partition coefficient (Wildman–Crippen LogP) is 6.19. The van der Waals surface area contributed by atoms with Gasteiger partial charge in [0, 0.05) is 28.6 Å². The maximum atomic E-state index is 10.7. The summed E-state index contributed by atoms with van der Waals surface area (Å²) in [4.78, 5) is 7.95. The summed E-state index contributed by atoms with van der Waals surface area (Å²) < 4.78 is 0. The second-order valence-corrected chi connectivity index (χ2v) is 8.00. The van der Waals surface area contributed by atoms with Crippen molar-refractivity contribution < 1.29 is 5.11 Å². The molecular formula is C25H24ClN3O. The van der Waals surface area contributed by atoms with Gasteiger partial charge in [0.25, 0.3) is 0 Å². The first-order chi connectivity index (χ1) is 14.5. The van der Waals surface area contributed by atoms with E-state index >= 15 is 0 Å². The van der Waals surface area contributed by atoms with E-state index in [0.717, 1.165) is 28.7 Å². The van der Waals surface area contributed by atoms with Gasteiger partial charge in [-0.3, -0.25) is 0 Å². The van der Waals surface area contributed by atoms with E-state index in [2.05, 4.69) is 36.3 Å². The van der Waals surface area contributed by atoms with Crippen LogP contribution in [-0.2, 0) is 6.54 Å². The number of H-pyrrole nitrogens is 1. The lowest BCUT2D eigenvalue weighted by Crippen LogP contribution is -2.21. The number of rotatable bonds is 6. The summed E-state index contributed by atoms with van der Waals surface area (Å²) >= 11 is 6.13. The molecule has 0 saturated carbocycles. The van der Waals surface area contributed by atoms with Crippen LogP contribution in [0.3, 0.4) is 0 Å². The van der Waals surface area contributed by atoms with Gasteiger partial charge in [-0.1, -0.05) is 74.0 Å². The molecule has 1 heterocycles. The van der Waals surface area contributed by atoms with Crippen molar-refractivity contribution in [2.75, 3.05) is 0 Å². The third kappa shape index (κ3) is 4.40. The maximum Gasteiger partial charge on any atom is 0.199 e. The number of nitrogens with zero attached hydrogens (tertiary/aromatic N) is 1. The van der Waals surface area contributed by atoms with Crippen LogP contribution in [0, 0.1) is 0 Å². The Morgan fingerprint density at radius 1 is 1.03 bits per heavy atom. The molecule has 0 aliphatic carbocycles. The molecule has 3 N–H and O–H groups in total. The third-order valence-corrected chi connectivity index (χ3v) is 5.15. The number of aromatic hydroxyl groups is 1. The SMILES string of the molecule is CC(C)NCc1ccc(N=C(c2ccccc2)c2c(O)[nH]c3cc(Cl)ccc23)cc1. The molecule has 0 aliphatic rings. The largest absolute Gasteiger partial charge is 0.494 e. The van der Waals surface area contributed by atoms with Crippen LogP contribution in [-0.4, -0.2) is 21.8 Å². The Kier molecular flexibility index (Phi) is 5.88. The molecule has 0 atom stereocenters. The van der Waals surface area contributed by atoms with Crippen LogP contribution < -0.4 is 5.32 Å². The van der Waals surface area contributed by atoms with Crippen molar-refractivity contribution >= 4 is 33.9 Å². The fraction of sp³-hybridized carbons (Fsp3) is 0.160. The lowest BCUT2D eigenvalue weighted by Gasteiger charge is -2.10. The number of nitrogens with one attached hydrogen (secondary N) is 2. The first kappa shape index (κ1) is 20.2. The molecular weight excluding hydrogens is 394 g/mol. The number of aromatic amines is 1. The predicted molar refractivity (Wildman–Crippen MR) is 125 cm³/mol. The van der Waals surface area contributed by atoms with Crippen molar-refractivity contribution in [1.29, 1.82) is 0 Å². The average Bonchev–Trinajstić information content (AvgIpc) is 3.06. The van der Waals surface area contributed by atoms with E-state index in [4.69, 9.17) is 16.6 Å². The zero-order valence-electron chi connectivity index (χ0n) is 17.0. The molecule has 4 rings (SSSR count). The van der Waals surface area contributed by atoms with Crippen LogP contribution in [0.1, 0.15) is 30.5 Å². The standard InChI is InChI=1S/C25H24ClN3O/c1-16(2)27-15-17-8-11-20(12-9-17)28-24(18-6-4-3-5-7-18)23-21-13-10-19(26)14-22(21)29-25(23)30/h3-14,16,27,29-30H,15H2,1-2H3. The van der Waals surface area contributed by atoms with Crippen molar-refractivity contribution in [3.8, 4) is 5.88 Å². The highest BCUT2D eigenvalue weighted by Crippen LogP contribution is 2.32. The Balaban J connectivity index is 1.80. The molecule has 4 aromatic rings. The summed E-state index contributed by atoms with van der Waals surface area (Å²) in [6.07, 6.45) is 0. The Labute approximate surface area is 181 Å². The fourth-order valence-corrected chi connectivity index (χ4v) is 3.57. The second-order valence-electron chi connectivity index (χ2n) is 7.57. The Hall–Kier alpha value is -3.08.